The molecule has 1 aromatic rings. The molecule has 2 N–H and O–H groups in total. The number of nitrogens with zero attached hydrogens (tertiary/aromatic N) is 1. The van der Waals surface area contributed by atoms with E-state index >= 15 is 0 Å². The lowest BCUT2D eigenvalue weighted by Gasteiger charge is -2.08. The van der Waals surface area contributed by atoms with Crippen molar-refractivity contribution in [3.8, 4) is 0 Å². The zero-order chi connectivity index (χ0) is 9.52. The Hall–Kier alpha value is -1.15. The minimum Gasteiger partial charge on any atom is -0.327 e. The summed E-state index contributed by atoms with van der Waals surface area (Å²) in [7, 11) is 0. The number of pyridine rings is 1. The van der Waals surface area contributed by atoms with E-state index in [1.54, 1.807) is 6.20 Å². The van der Waals surface area contributed by atoms with Crippen molar-refractivity contribution in [2.75, 3.05) is 0 Å². The maximum Gasteiger partial charge on any atom is 0.0419 e. The highest BCUT2D eigenvalue weighted by Crippen LogP contribution is 2.02. The van der Waals surface area contributed by atoms with Gasteiger partial charge < -0.3 is 5.73 Å². The zero-order valence-corrected chi connectivity index (χ0v) is 7.82. The molecule has 1 unspecified atom stereocenters. The van der Waals surface area contributed by atoms with Crippen LogP contribution >= 0.6 is 0 Å². The fourth-order valence-electron chi connectivity index (χ4n) is 1.22. The summed E-state index contributed by atoms with van der Waals surface area (Å²) in [5, 5.41) is 0. The van der Waals surface area contributed by atoms with Gasteiger partial charge in [0.2, 0.25) is 0 Å². The van der Waals surface area contributed by atoms with Gasteiger partial charge in [0.1, 0.15) is 0 Å². The lowest BCUT2D eigenvalue weighted by molar-refractivity contribution is 0.610. The molecule has 2 heteroatoms. The molecule has 0 radical (unpaired) electrons. The summed E-state index contributed by atoms with van der Waals surface area (Å²) >= 11 is 0. The molecule has 70 valence electrons. The molecule has 2 nitrogen and oxygen atoms in total. The first-order chi connectivity index (χ1) is 6.33. The van der Waals surface area contributed by atoms with Crippen LogP contribution in [0.1, 0.15) is 18.5 Å². The lowest BCUT2D eigenvalue weighted by Crippen LogP contribution is -2.22. The van der Waals surface area contributed by atoms with Gasteiger partial charge in [-0.25, -0.2) is 0 Å². The van der Waals surface area contributed by atoms with Crippen molar-refractivity contribution in [2.45, 2.75) is 25.3 Å². The number of aromatic nitrogens is 1. The number of nitrogens with two attached hydrogens (primary N) is 1. The van der Waals surface area contributed by atoms with Crippen molar-refractivity contribution in [3.05, 3.63) is 42.7 Å². The fourth-order valence-corrected chi connectivity index (χ4v) is 1.22. The average molecular weight is 176 g/mol. The Bertz CT molecular complexity index is 244. The van der Waals surface area contributed by atoms with Crippen LogP contribution in [0.15, 0.2) is 37.1 Å². The van der Waals surface area contributed by atoms with Crippen LogP contribution in [0.4, 0.5) is 0 Å². The van der Waals surface area contributed by atoms with Gasteiger partial charge in [-0.3, -0.25) is 4.98 Å². The van der Waals surface area contributed by atoms with Crippen molar-refractivity contribution in [1.82, 2.24) is 4.98 Å². The molecule has 0 fully saturated rings. The molecule has 0 aromatic carbocycles. The molecule has 0 aliphatic heterocycles. The SMILES string of the molecule is C=CCCC(N)Cc1ccccn1. The number of hydrogen-bond donors (Lipinski definition) is 1. The standard InChI is InChI=1S/C11H16N2/c1-2-3-6-10(12)9-11-7-4-5-8-13-11/h2,4-5,7-8,10H,1,3,6,9,12H2. The predicted molar refractivity (Wildman–Crippen MR) is 55.3 cm³/mol. The minimum absolute atomic E-state index is 0.202. The molecule has 0 spiro atoms. The van der Waals surface area contributed by atoms with Gasteiger partial charge in [0, 0.05) is 24.4 Å². The third-order valence-corrected chi connectivity index (χ3v) is 1.94. The van der Waals surface area contributed by atoms with Gasteiger partial charge in [-0.05, 0) is 25.0 Å². The van der Waals surface area contributed by atoms with Gasteiger partial charge >= 0.3 is 0 Å². The first kappa shape index (κ1) is 9.93. The summed E-state index contributed by atoms with van der Waals surface area (Å²) < 4.78 is 0. The van der Waals surface area contributed by atoms with E-state index in [9.17, 15) is 0 Å². The maximum atomic E-state index is 5.90. The molecule has 0 bridgehead atoms. The Morgan fingerprint density at radius 2 is 2.38 bits per heavy atom. The van der Waals surface area contributed by atoms with Crippen LogP contribution in [-0.2, 0) is 6.42 Å². The Morgan fingerprint density at radius 1 is 1.54 bits per heavy atom. The fraction of sp³-hybridized carbons (Fsp3) is 0.364. The quantitative estimate of drug-likeness (QED) is 0.696. The second kappa shape index (κ2) is 5.49. The van der Waals surface area contributed by atoms with Crippen molar-refractivity contribution in [1.29, 1.82) is 0 Å². The van der Waals surface area contributed by atoms with Crippen LogP contribution in [0, 0.1) is 0 Å². The monoisotopic (exact) mass is 176 g/mol. The Morgan fingerprint density at radius 3 is 3.00 bits per heavy atom. The van der Waals surface area contributed by atoms with E-state index in [1.807, 2.05) is 24.3 Å². The largest absolute Gasteiger partial charge is 0.327 e. The highest BCUT2D eigenvalue weighted by molar-refractivity contribution is 5.04. The average Bonchev–Trinajstić information content (AvgIpc) is 2.16. The predicted octanol–water partition coefficient (Wildman–Crippen LogP) is 1.92. The van der Waals surface area contributed by atoms with Crippen LogP contribution < -0.4 is 5.73 Å². The number of rotatable bonds is 5. The normalized spacial score (nSPS) is 12.4. The molecule has 0 aliphatic rings. The molecule has 13 heavy (non-hydrogen) atoms. The Labute approximate surface area is 79.5 Å². The number of hydrogen-bond acceptors (Lipinski definition) is 2. The molecular weight excluding hydrogens is 160 g/mol. The summed E-state index contributed by atoms with van der Waals surface area (Å²) in [4.78, 5) is 4.22. The molecule has 1 atom stereocenters. The second-order valence-corrected chi connectivity index (χ2v) is 3.15. The molecule has 1 rings (SSSR count). The minimum atomic E-state index is 0.202. The third-order valence-electron chi connectivity index (χ3n) is 1.94. The van der Waals surface area contributed by atoms with Crippen LogP contribution in [0.3, 0.4) is 0 Å². The first-order valence-corrected chi connectivity index (χ1v) is 4.59. The van der Waals surface area contributed by atoms with Crippen molar-refractivity contribution < 1.29 is 0 Å². The number of allylic oxidation sites excluding steroid dienone is 1. The molecular formula is C11H16N2. The Kier molecular flexibility index (Phi) is 4.19. The first-order valence-electron chi connectivity index (χ1n) is 4.59. The highest BCUT2D eigenvalue weighted by Gasteiger charge is 2.02. The van der Waals surface area contributed by atoms with Gasteiger partial charge in [0.15, 0.2) is 0 Å². The van der Waals surface area contributed by atoms with Crippen LogP contribution in [0.2, 0.25) is 0 Å². The van der Waals surface area contributed by atoms with E-state index in [2.05, 4.69) is 11.6 Å². The maximum absolute atomic E-state index is 5.90. The van der Waals surface area contributed by atoms with E-state index in [-0.39, 0.29) is 6.04 Å². The summed E-state index contributed by atoms with van der Waals surface area (Å²) in [5.74, 6) is 0. The third kappa shape index (κ3) is 3.85. The van der Waals surface area contributed by atoms with Gasteiger partial charge in [-0.2, -0.15) is 0 Å². The summed E-state index contributed by atoms with van der Waals surface area (Å²) in [6.07, 6.45) is 6.52. The Balaban J connectivity index is 2.36. The van der Waals surface area contributed by atoms with Crippen LogP contribution in [0.25, 0.3) is 0 Å². The van der Waals surface area contributed by atoms with Gasteiger partial charge in [-0.1, -0.05) is 12.1 Å². The lowest BCUT2D eigenvalue weighted by atomic mass is 10.1. The van der Waals surface area contributed by atoms with E-state index in [0.29, 0.717) is 0 Å². The van der Waals surface area contributed by atoms with Crippen molar-refractivity contribution in [3.63, 3.8) is 0 Å². The van der Waals surface area contributed by atoms with E-state index in [0.717, 1.165) is 25.0 Å². The van der Waals surface area contributed by atoms with E-state index in [4.69, 9.17) is 5.73 Å². The van der Waals surface area contributed by atoms with Crippen LogP contribution in [0.5, 0.6) is 0 Å². The smallest absolute Gasteiger partial charge is 0.0419 e. The summed E-state index contributed by atoms with van der Waals surface area (Å²) in [5.41, 5.74) is 6.97. The van der Waals surface area contributed by atoms with Gasteiger partial charge in [0.05, 0.1) is 0 Å². The van der Waals surface area contributed by atoms with Crippen molar-refractivity contribution >= 4 is 0 Å². The molecule has 0 saturated heterocycles. The molecule has 1 heterocycles. The zero-order valence-electron chi connectivity index (χ0n) is 7.82. The molecule has 0 amide bonds. The summed E-state index contributed by atoms with van der Waals surface area (Å²) in [6.45, 7) is 3.67. The van der Waals surface area contributed by atoms with Crippen molar-refractivity contribution in [2.24, 2.45) is 5.73 Å². The van der Waals surface area contributed by atoms with Gasteiger partial charge in [-0.15, -0.1) is 6.58 Å². The molecule has 0 saturated carbocycles. The van der Waals surface area contributed by atoms with E-state index < -0.39 is 0 Å². The second-order valence-electron chi connectivity index (χ2n) is 3.15. The molecule has 0 aliphatic carbocycles. The topological polar surface area (TPSA) is 38.9 Å². The highest BCUT2D eigenvalue weighted by atomic mass is 14.7. The molecule has 1 aromatic heterocycles. The van der Waals surface area contributed by atoms with Gasteiger partial charge in [0.25, 0.3) is 0 Å². The van der Waals surface area contributed by atoms with E-state index in [1.165, 1.54) is 0 Å². The summed E-state index contributed by atoms with van der Waals surface area (Å²) in [6, 6.07) is 6.11. The van der Waals surface area contributed by atoms with Crippen LogP contribution in [-0.4, -0.2) is 11.0 Å².